The number of aromatic amines is 1. The van der Waals surface area contributed by atoms with Crippen molar-refractivity contribution < 1.29 is 14.4 Å². The van der Waals surface area contributed by atoms with Crippen LogP contribution in [0.1, 0.15) is 22.6 Å². The van der Waals surface area contributed by atoms with Crippen molar-refractivity contribution in [2.75, 3.05) is 13.7 Å². The van der Waals surface area contributed by atoms with Gasteiger partial charge in [0.1, 0.15) is 6.61 Å². The highest BCUT2D eigenvalue weighted by Gasteiger charge is 2.24. The Morgan fingerprint density at radius 2 is 1.77 bits per heavy atom. The Balaban J connectivity index is 1.66. The number of aromatic nitrogens is 1. The number of methoxy groups -OCH3 is 1. The Bertz CT molecular complexity index is 1150. The van der Waals surface area contributed by atoms with E-state index >= 15 is 0 Å². The second kappa shape index (κ2) is 8.69. The smallest absolute Gasteiger partial charge is 0.214 e. The van der Waals surface area contributed by atoms with Gasteiger partial charge in [-0.25, -0.2) is 0 Å². The molecule has 4 aromatic rings. The van der Waals surface area contributed by atoms with E-state index < -0.39 is 5.92 Å². The van der Waals surface area contributed by atoms with Gasteiger partial charge in [0.25, 0.3) is 0 Å². The predicted octanol–water partition coefficient (Wildman–Crippen LogP) is 5.16. The van der Waals surface area contributed by atoms with Gasteiger partial charge in [0.15, 0.2) is 11.5 Å². The van der Waals surface area contributed by atoms with Crippen molar-refractivity contribution >= 4 is 10.9 Å². The summed E-state index contributed by atoms with van der Waals surface area (Å²) < 4.78 is 11.5. The standard InChI is InChI=1S/C24H22N2O4/c1-29-24-13-18(11-12-23(24)30-16-17-7-3-2-4-8-17)21(15-26(27)28)20-14-25-22-10-6-5-9-19(20)22/h2-14,21,25H,15-16H2,1H3/t21-/m1/s1. The number of rotatable bonds is 8. The van der Waals surface area contributed by atoms with Gasteiger partial charge in [-0.1, -0.05) is 54.6 Å². The molecule has 6 nitrogen and oxygen atoms in total. The Morgan fingerprint density at radius 1 is 1.00 bits per heavy atom. The summed E-state index contributed by atoms with van der Waals surface area (Å²) in [6.45, 7) is 0.201. The molecule has 0 unspecified atom stereocenters. The first-order chi connectivity index (χ1) is 14.7. The van der Waals surface area contributed by atoms with Crippen molar-refractivity contribution in [1.82, 2.24) is 4.98 Å². The topological polar surface area (TPSA) is 77.4 Å². The second-order valence-electron chi connectivity index (χ2n) is 7.04. The lowest BCUT2D eigenvalue weighted by Crippen LogP contribution is -2.14. The maximum Gasteiger partial charge on any atom is 0.214 e. The Hall–Kier alpha value is -3.80. The fourth-order valence-electron chi connectivity index (χ4n) is 3.67. The zero-order chi connectivity index (χ0) is 20.9. The molecule has 1 atom stereocenters. The predicted molar refractivity (Wildman–Crippen MR) is 116 cm³/mol. The molecule has 1 N–H and O–H groups in total. The van der Waals surface area contributed by atoms with Gasteiger partial charge < -0.3 is 14.5 Å². The summed E-state index contributed by atoms with van der Waals surface area (Å²) in [7, 11) is 1.57. The van der Waals surface area contributed by atoms with Crippen LogP contribution in [0.25, 0.3) is 10.9 Å². The first-order valence-corrected chi connectivity index (χ1v) is 9.68. The molecule has 0 aliphatic rings. The largest absolute Gasteiger partial charge is 0.493 e. The minimum atomic E-state index is -0.409. The molecule has 0 aliphatic heterocycles. The summed E-state index contributed by atoms with van der Waals surface area (Å²) in [5.74, 6) is 0.744. The molecule has 6 heteroatoms. The summed E-state index contributed by atoms with van der Waals surface area (Å²) in [4.78, 5) is 14.4. The van der Waals surface area contributed by atoms with Crippen LogP contribution in [0.15, 0.2) is 79.0 Å². The highest BCUT2D eigenvalue weighted by molar-refractivity contribution is 5.84. The van der Waals surface area contributed by atoms with E-state index in [1.54, 1.807) is 7.11 Å². The fourth-order valence-corrected chi connectivity index (χ4v) is 3.67. The van der Waals surface area contributed by atoms with Crippen LogP contribution in [0, 0.1) is 10.1 Å². The average molecular weight is 402 g/mol. The monoisotopic (exact) mass is 402 g/mol. The van der Waals surface area contributed by atoms with Gasteiger partial charge in [-0.3, -0.25) is 10.1 Å². The molecule has 0 bridgehead atoms. The van der Waals surface area contributed by atoms with Crippen LogP contribution >= 0.6 is 0 Å². The third kappa shape index (κ3) is 4.12. The molecule has 0 spiro atoms. The summed E-state index contributed by atoms with van der Waals surface area (Å²) >= 11 is 0. The normalized spacial score (nSPS) is 11.9. The minimum Gasteiger partial charge on any atom is -0.493 e. The van der Waals surface area contributed by atoms with Crippen LogP contribution in [0.5, 0.6) is 11.5 Å². The molecule has 0 saturated heterocycles. The van der Waals surface area contributed by atoms with E-state index in [2.05, 4.69) is 4.98 Å². The number of hydrogen-bond acceptors (Lipinski definition) is 4. The van der Waals surface area contributed by atoms with E-state index in [1.165, 1.54) is 0 Å². The Morgan fingerprint density at radius 3 is 2.53 bits per heavy atom. The Kier molecular flexibility index (Phi) is 5.66. The zero-order valence-electron chi connectivity index (χ0n) is 16.6. The minimum absolute atomic E-state index is 0.213. The SMILES string of the molecule is COc1cc([C@@H](C[N+](=O)[O-])c2c[nH]c3ccccc23)ccc1OCc1ccccc1. The molecule has 1 aromatic heterocycles. The maximum absolute atomic E-state index is 11.4. The summed E-state index contributed by atoms with van der Waals surface area (Å²) in [5.41, 5.74) is 3.70. The molecule has 4 rings (SSSR count). The highest BCUT2D eigenvalue weighted by Crippen LogP contribution is 2.36. The van der Waals surface area contributed by atoms with Crippen molar-refractivity contribution in [1.29, 1.82) is 0 Å². The molecular formula is C24H22N2O4. The first-order valence-electron chi connectivity index (χ1n) is 9.68. The number of hydrogen-bond donors (Lipinski definition) is 1. The molecule has 0 amide bonds. The van der Waals surface area contributed by atoms with Gasteiger partial charge in [0, 0.05) is 22.0 Å². The third-order valence-electron chi connectivity index (χ3n) is 5.16. The average Bonchev–Trinajstić information content (AvgIpc) is 3.20. The van der Waals surface area contributed by atoms with Crippen LogP contribution in [-0.2, 0) is 6.61 Å². The molecule has 3 aromatic carbocycles. The fraction of sp³-hybridized carbons (Fsp3) is 0.167. The van der Waals surface area contributed by atoms with E-state index in [0.29, 0.717) is 18.1 Å². The third-order valence-corrected chi connectivity index (χ3v) is 5.16. The van der Waals surface area contributed by atoms with Crippen molar-refractivity contribution in [3.8, 4) is 11.5 Å². The van der Waals surface area contributed by atoms with Crippen LogP contribution < -0.4 is 9.47 Å². The zero-order valence-corrected chi connectivity index (χ0v) is 16.6. The van der Waals surface area contributed by atoms with E-state index in [1.807, 2.05) is 79.0 Å². The van der Waals surface area contributed by atoms with E-state index in [4.69, 9.17) is 9.47 Å². The number of H-pyrrole nitrogens is 1. The number of benzene rings is 3. The number of fused-ring (bicyclic) bond motifs is 1. The van der Waals surface area contributed by atoms with Crippen molar-refractivity contribution in [3.05, 3.63) is 106 Å². The first kappa shape index (κ1) is 19.5. The van der Waals surface area contributed by atoms with E-state index in [9.17, 15) is 10.1 Å². The van der Waals surface area contributed by atoms with Gasteiger partial charge in [-0.15, -0.1) is 0 Å². The summed E-state index contributed by atoms with van der Waals surface area (Å²) in [6, 6.07) is 23.2. The van der Waals surface area contributed by atoms with Gasteiger partial charge in [-0.05, 0) is 34.9 Å². The number of nitrogens with one attached hydrogen (secondary N) is 1. The molecule has 30 heavy (non-hydrogen) atoms. The van der Waals surface area contributed by atoms with Gasteiger partial charge in [0.2, 0.25) is 6.54 Å². The highest BCUT2D eigenvalue weighted by atomic mass is 16.6. The number of nitrogens with zero attached hydrogens (tertiary/aromatic N) is 1. The molecule has 0 aliphatic carbocycles. The van der Waals surface area contributed by atoms with Crippen molar-refractivity contribution in [3.63, 3.8) is 0 Å². The number of ether oxygens (including phenoxy) is 2. The molecular weight excluding hydrogens is 380 g/mol. The van der Waals surface area contributed by atoms with Crippen LogP contribution in [0.2, 0.25) is 0 Å². The lowest BCUT2D eigenvalue weighted by Gasteiger charge is -2.17. The maximum atomic E-state index is 11.4. The van der Waals surface area contributed by atoms with Crippen molar-refractivity contribution in [2.24, 2.45) is 0 Å². The second-order valence-corrected chi connectivity index (χ2v) is 7.04. The van der Waals surface area contributed by atoms with Crippen LogP contribution in [0.3, 0.4) is 0 Å². The molecule has 1 heterocycles. The number of para-hydroxylation sites is 1. The van der Waals surface area contributed by atoms with Gasteiger partial charge in [0.05, 0.1) is 13.0 Å². The number of nitro groups is 1. The van der Waals surface area contributed by atoms with Gasteiger partial charge in [-0.2, -0.15) is 0 Å². The quantitative estimate of drug-likeness (QED) is 0.326. The van der Waals surface area contributed by atoms with E-state index in [0.717, 1.165) is 27.6 Å². The summed E-state index contributed by atoms with van der Waals surface area (Å²) in [5, 5.41) is 12.4. The van der Waals surface area contributed by atoms with Crippen LogP contribution in [0.4, 0.5) is 0 Å². The van der Waals surface area contributed by atoms with Crippen LogP contribution in [-0.4, -0.2) is 23.6 Å². The summed E-state index contributed by atoms with van der Waals surface area (Å²) in [6.07, 6.45) is 1.85. The lowest BCUT2D eigenvalue weighted by atomic mass is 9.90. The molecule has 0 fully saturated rings. The van der Waals surface area contributed by atoms with Crippen molar-refractivity contribution in [2.45, 2.75) is 12.5 Å². The molecule has 0 radical (unpaired) electrons. The lowest BCUT2D eigenvalue weighted by molar-refractivity contribution is -0.481. The van der Waals surface area contributed by atoms with E-state index in [-0.39, 0.29) is 11.5 Å². The molecule has 0 saturated carbocycles. The van der Waals surface area contributed by atoms with Gasteiger partial charge >= 0.3 is 0 Å². The molecule has 152 valence electrons. The Labute approximate surface area is 174 Å².